The zero-order valence-electron chi connectivity index (χ0n) is 11.8. The van der Waals surface area contributed by atoms with Crippen molar-refractivity contribution in [2.75, 3.05) is 13.1 Å². The predicted octanol–water partition coefficient (Wildman–Crippen LogP) is 1.96. The lowest BCUT2D eigenvalue weighted by Crippen LogP contribution is -2.70. The molecule has 1 amide bonds. The molecule has 0 saturated heterocycles. The number of nitrogens with zero attached hydrogens (tertiary/aromatic N) is 3. The van der Waals surface area contributed by atoms with E-state index < -0.39 is 5.54 Å². The Balaban J connectivity index is 1.71. The number of azide groups is 1. The summed E-state index contributed by atoms with van der Waals surface area (Å²) in [5.74, 6) is 2.28. The normalized spacial score (nSPS) is 41.4. The summed E-state index contributed by atoms with van der Waals surface area (Å²) >= 11 is 0. The molecule has 3 N–H and O–H groups in total. The van der Waals surface area contributed by atoms with Gasteiger partial charge in [-0.25, -0.2) is 0 Å². The van der Waals surface area contributed by atoms with E-state index in [0.29, 0.717) is 24.9 Å². The lowest BCUT2D eigenvalue weighted by atomic mass is 9.48. The third-order valence-corrected chi connectivity index (χ3v) is 5.75. The Kier molecular flexibility index (Phi) is 3.61. The fraction of sp³-hybridized carbons (Fsp3) is 0.929. The van der Waals surface area contributed by atoms with Gasteiger partial charge in [-0.2, -0.15) is 0 Å². The maximum atomic E-state index is 12.2. The second-order valence-electron chi connectivity index (χ2n) is 6.77. The molecular formula is C14H23N5O. The van der Waals surface area contributed by atoms with Crippen molar-refractivity contribution in [2.24, 2.45) is 34.5 Å². The van der Waals surface area contributed by atoms with Gasteiger partial charge in [0.15, 0.2) is 0 Å². The minimum absolute atomic E-state index is 0.171. The van der Waals surface area contributed by atoms with Crippen LogP contribution in [0.2, 0.25) is 0 Å². The van der Waals surface area contributed by atoms with E-state index in [1.165, 1.54) is 6.42 Å². The summed E-state index contributed by atoms with van der Waals surface area (Å²) in [5, 5.41) is 7.02. The van der Waals surface area contributed by atoms with Crippen LogP contribution in [-0.4, -0.2) is 24.5 Å². The molecule has 0 aromatic carbocycles. The molecule has 4 bridgehead atoms. The van der Waals surface area contributed by atoms with E-state index in [0.717, 1.165) is 43.9 Å². The first-order valence-electron chi connectivity index (χ1n) is 7.72. The van der Waals surface area contributed by atoms with Crippen LogP contribution in [0.25, 0.3) is 10.4 Å². The standard InChI is InChI=1S/C14H23N5O/c15-13(20)14(17-2-1-3-18-19-16)11-5-9-4-10(7-11)8-12(14)6-9/h9-12,17H,1-8H2,(H2,15,20). The van der Waals surface area contributed by atoms with Gasteiger partial charge in [-0.15, -0.1) is 0 Å². The van der Waals surface area contributed by atoms with E-state index in [2.05, 4.69) is 15.3 Å². The minimum atomic E-state index is -0.496. The lowest BCUT2D eigenvalue weighted by molar-refractivity contribution is -0.143. The van der Waals surface area contributed by atoms with Crippen LogP contribution in [-0.2, 0) is 4.79 Å². The number of carbonyl (C=O) groups is 1. The zero-order chi connectivity index (χ0) is 14.2. The molecule has 0 radical (unpaired) electrons. The van der Waals surface area contributed by atoms with Crippen LogP contribution in [0.3, 0.4) is 0 Å². The first-order valence-corrected chi connectivity index (χ1v) is 7.72. The van der Waals surface area contributed by atoms with Crippen LogP contribution in [0.1, 0.15) is 38.5 Å². The monoisotopic (exact) mass is 277 g/mol. The summed E-state index contributed by atoms with van der Waals surface area (Å²) in [7, 11) is 0. The highest BCUT2D eigenvalue weighted by molar-refractivity contribution is 5.86. The molecule has 0 spiro atoms. The number of amides is 1. The van der Waals surface area contributed by atoms with Crippen molar-refractivity contribution < 1.29 is 4.79 Å². The third kappa shape index (κ3) is 2.07. The molecule has 4 rings (SSSR count). The van der Waals surface area contributed by atoms with Crippen molar-refractivity contribution in [3.05, 3.63) is 10.4 Å². The Bertz CT molecular complexity index is 415. The quantitative estimate of drug-likeness (QED) is 0.335. The maximum Gasteiger partial charge on any atom is 0.238 e. The second kappa shape index (κ2) is 5.26. The highest BCUT2D eigenvalue weighted by Crippen LogP contribution is 2.58. The molecule has 0 unspecified atom stereocenters. The summed E-state index contributed by atoms with van der Waals surface area (Å²) in [6.45, 7) is 1.17. The topological polar surface area (TPSA) is 104 Å². The third-order valence-electron chi connectivity index (χ3n) is 5.75. The van der Waals surface area contributed by atoms with Gasteiger partial charge in [0.05, 0.1) is 0 Å². The van der Waals surface area contributed by atoms with Gasteiger partial charge in [-0.3, -0.25) is 4.79 Å². The highest BCUT2D eigenvalue weighted by Gasteiger charge is 2.59. The van der Waals surface area contributed by atoms with Crippen molar-refractivity contribution in [2.45, 2.75) is 44.1 Å². The molecule has 0 aromatic rings. The summed E-state index contributed by atoms with van der Waals surface area (Å²) in [6, 6.07) is 0. The van der Waals surface area contributed by atoms with Gasteiger partial charge in [-0.1, -0.05) is 5.11 Å². The molecule has 6 nitrogen and oxygen atoms in total. The van der Waals surface area contributed by atoms with Crippen LogP contribution in [0.15, 0.2) is 5.11 Å². The molecular weight excluding hydrogens is 254 g/mol. The molecule has 0 heterocycles. The molecule has 0 aliphatic heterocycles. The van der Waals surface area contributed by atoms with Crippen LogP contribution in [0.5, 0.6) is 0 Å². The first-order chi connectivity index (χ1) is 9.66. The van der Waals surface area contributed by atoms with Gasteiger partial charge in [-0.05, 0) is 74.3 Å². The van der Waals surface area contributed by atoms with Gasteiger partial charge >= 0.3 is 0 Å². The molecule has 4 fully saturated rings. The second-order valence-corrected chi connectivity index (χ2v) is 6.77. The average Bonchev–Trinajstić information content (AvgIpc) is 2.40. The maximum absolute atomic E-state index is 12.2. The SMILES string of the molecule is [N-]=[N+]=NCCCNC1(C(N)=O)C2CC3CC(C2)CC1C3. The van der Waals surface area contributed by atoms with E-state index in [9.17, 15) is 4.79 Å². The van der Waals surface area contributed by atoms with Crippen molar-refractivity contribution >= 4 is 5.91 Å². The summed E-state index contributed by atoms with van der Waals surface area (Å²) in [6.07, 6.45) is 6.72. The zero-order valence-corrected chi connectivity index (χ0v) is 11.8. The minimum Gasteiger partial charge on any atom is -0.368 e. The number of primary amides is 1. The lowest BCUT2D eigenvalue weighted by Gasteiger charge is -2.60. The summed E-state index contributed by atoms with van der Waals surface area (Å²) in [5.41, 5.74) is 13.6. The number of hydrogen-bond acceptors (Lipinski definition) is 3. The Morgan fingerprint density at radius 1 is 1.25 bits per heavy atom. The Morgan fingerprint density at radius 3 is 2.35 bits per heavy atom. The number of nitrogens with two attached hydrogens (primary N) is 1. The Morgan fingerprint density at radius 2 is 1.85 bits per heavy atom. The van der Waals surface area contributed by atoms with Crippen LogP contribution in [0.4, 0.5) is 0 Å². The molecule has 110 valence electrons. The number of carbonyl (C=O) groups excluding carboxylic acids is 1. The summed E-state index contributed by atoms with van der Waals surface area (Å²) < 4.78 is 0. The van der Waals surface area contributed by atoms with Crippen LogP contribution < -0.4 is 11.1 Å². The number of rotatable bonds is 6. The van der Waals surface area contributed by atoms with Crippen LogP contribution >= 0.6 is 0 Å². The summed E-state index contributed by atoms with van der Waals surface area (Å²) in [4.78, 5) is 15.0. The van der Waals surface area contributed by atoms with Crippen molar-refractivity contribution in [3.8, 4) is 0 Å². The van der Waals surface area contributed by atoms with E-state index >= 15 is 0 Å². The highest BCUT2D eigenvalue weighted by atomic mass is 16.1. The largest absolute Gasteiger partial charge is 0.368 e. The molecule has 6 heteroatoms. The predicted molar refractivity (Wildman–Crippen MR) is 75.6 cm³/mol. The fourth-order valence-electron chi connectivity index (χ4n) is 5.20. The number of hydrogen-bond donors (Lipinski definition) is 2. The van der Waals surface area contributed by atoms with Gasteiger partial charge in [0.25, 0.3) is 0 Å². The van der Waals surface area contributed by atoms with E-state index in [-0.39, 0.29) is 5.91 Å². The molecule has 0 atom stereocenters. The molecule has 4 aliphatic rings. The van der Waals surface area contributed by atoms with Gasteiger partial charge in [0, 0.05) is 11.5 Å². The average molecular weight is 277 g/mol. The Hall–Kier alpha value is -1.26. The Labute approximate surface area is 119 Å². The molecule has 20 heavy (non-hydrogen) atoms. The fourth-order valence-corrected chi connectivity index (χ4v) is 5.20. The smallest absolute Gasteiger partial charge is 0.238 e. The van der Waals surface area contributed by atoms with Gasteiger partial charge < -0.3 is 11.1 Å². The van der Waals surface area contributed by atoms with E-state index in [1.54, 1.807) is 0 Å². The van der Waals surface area contributed by atoms with Crippen molar-refractivity contribution in [1.82, 2.24) is 5.32 Å². The van der Waals surface area contributed by atoms with Crippen molar-refractivity contribution in [3.63, 3.8) is 0 Å². The van der Waals surface area contributed by atoms with Crippen molar-refractivity contribution in [1.29, 1.82) is 0 Å². The van der Waals surface area contributed by atoms with Gasteiger partial charge in [0.1, 0.15) is 5.54 Å². The molecule has 4 saturated carbocycles. The van der Waals surface area contributed by atoms with E-state index in [1.807, 2.05) is 0 Å². The van der Waals surface area contributed by atoms with Gasteiger partial charge in [0.2, 0.25) is 5.91 Å². The molecule has 0 aromatic heterocycles. The number of nitrogens with one attached hydrogen (secondary N) is 1. The molecule has 4 aliphatic carbocycles. The van der Waals surface area contributed by atoms with Crippen LogP contribution in [0, 0.1) is 23.7 Å². The van der Waals surface area contributed by atoms with E-state index in [4.69, 9.17) is 11.3 Å². The first kappa shape index (κ1) is 13.7.